The number of carboxylic acid groups (broad SMARTS) is 4. The van der Waals surface area contributed by atoms with Crippen LogP contribution in [-0.2, 0) is 45.4 Å². The molecule has 16 aliphatic rings. The topological polar surface area (TPSA) is 161 Å². The van der Waals surface area contributed by atoms with E-state index >= 15 is 0 Å². The van der Waals surface area contributed by atoms with Crippen molar-refractivity contribution < 1.29 is 65.8 Å². The maximum atomic E-state index is 11.1. The summed E-state index contributed by atoms with van der Waals surface area (Å²) in [5.41, 5.74) is -1.58. The van der Waals surface area contributed by atoms with Crippen molar-refractivity contribution in [3.05, 3.63) is 0 Å². The zero-order valence-electron chi connectivity index (χ0n) is 31.7. The molecule has 8 nitrogen and oxygen atoms in total. The Morgan fingerprint density at radius 2 is 0.358 bits per heavy atom. The van der Waals surface area contributed by atoms with E-state index in [1.165, 1.54) is 77.0 Å². The third kappa shape index (κ3) is 7.06. The van der Waals surface area contributed by atoms with E-state index in [-0.39, 0.29) is 26.2 Å². The molecule has 0 unspecified atom stereocenters. The van der Waals surface area contributed by atoms with Gasteiger partial charge in [0.05, 0.1) is 0 Å². The van der Waals surface area contributed by atoms with Crippen LogP contribution >= 0.6 is 0 Å². The molecule has 16 saturated carbocycles. The molecule has 16 bridgehead atoms. The SMILES string of the molecule is O=C([O-])C12CC3CC(CC(C3)C1)C2.O=C([O-])C12CC3CC(CC(C3)C1)C2.O=C([O-])C12CC3CC(CC(C3)C1)C2.O=C([O-])C12CC3CC(CC(C3)C1)C2.[Zr+4]. The Kier molecular flexibility index (Phi) is 10.2. The summed E-state index contributed by atoms with van der Waals surface area (Å²) < 4.78 is 0. The largest absolute Gasteiger partial charge is 4.00 e. The number of aliphatic carboxylic acids is 4. The fraction of sp³-hybridized carbons (Fsp3) is 0.909. The molecule has 0 saturated heterocycles. The van der Waals surface area contributed by atoms with Crippen LogP contribution in [0.2, 0.25) is 0 Å². The van der Waals surface area contributed by atoms with E-state index in [2.05, 4.69) is 0 Å². The van der Waals surface area contributed by atoms with Crippen LogP contribution in [0, 0.1) is 92.7 Å². The van der Waals surface area contributed by atoms with Crippen LogP contribution in [-0.4, -0.2) is 23.9 Å². The van der Waals surface area contributed by atoms with Gasteiger partial charge < -0.3 is 39.6 Å². The van der Waals surface area contributed by atoms with Gasteiger partial charge >= 0.3 is 26.2 Å². The average molecular weight is 808 g/mol. The Balaban J connectivity index is 0.0000001000. The third-order valence-corrected chi connectivity index (χ3v) is 17.9. The molecular weight excluding hydrogens is 748 g/mol. The van der Waals surface area contributed by atoms with E-state index in [4.69, 9.17) is 0 Å². The van der Waals surface area contributed by atoms with Crippen LogP contribution in [0.25, 0.3) is 0 Å². The summed E-state index contributed by atoms with van der Waals surface area (Å²) in [4.78, 5) is 44.6. The van der Waals surface area contributed by atoms with Gasteiger partial charge in [-0.25, -0.2) is 0 Å². The fourth-order valence-corrected chi connectivity index (χ4v) is 17.4. The monoisotopic (exact) mass is 806 g/mol. The molecule has 0 atom stereocenters. The average Bonchev–Trinajstić information content (AvgIpc) is 3.03. The van der Waals surface area contributed by atoms with Crippen molar-refractivity contribution in [3.8, 4) is 0 Å². The molecule has 53 heavy (non-hydrogen) atoms. The van der Waals surface area contributed by atoms with Crippen LogP contribution in [0.1, 0.15) is 154 Å². The van der Waals surface area contributed by atoms with E-state index in [9.17, 15) is 39.6 Å². The van der Waals surface area contributed by atoms with E-state index in [0.717, 1.165) is 77.0 Å². The molecule has 16 aliphatic carbocycles. The first-order chi connectivity index (χ1) is 24.7. The Hall–Kier alpha value is -1.24. The van der Waals surface area contributed by atoms with Gasteiger partial charge in [-0.2, -0.15) is 0 Å². The van der Waals surface area contributed by atoms with Crippen LogP contribution < -0.4 is 20.4 Å². The third-order valence-electron chi connectivity index (χ3n) is 17.9. The summed E-state index contributed by atoms with van der Waals surface area (Å²) >= 11 is 0. The van der Waals surface area contributed by atoms with Crippen molar-refractivity contribution in [1.29, 1.82) is 0 Å². The summed E-state index contributed by atoms with van der Waals surface area (Å²) in [6.07, 6.45) is 26.6. The van der Waals surface area contributed by atoms with Crippen molar-refractivity contribution in [2.24, 2.45) is 92.7 Å². The normalized spacial score (nSPS) is 51.5. The van der Waals surface area contributed by atoms with Crippen LogP contribution in [0.5, 0.6) is 0 Å². The van der Waals surface area contributed by atoms with E-state index < -0.39 is 45.5 Å². The van der Waals surface area contributed by atoms with Crippen molar-refractivity contribution in [2.45, 2.75) is 154 Å². The minimum Gasteiger partial charge on any atom is -0.550 e. The molecule has 288 valence electrons. The standard InChI is InChI=1S/4C11H16O2.Zr/c4*12-10(13)11-4-7-1-8(5-11)3-9(2-7)6-11;/h4*7-9H,1-6H2,(H,12,13);/q;;;;+4/p-4. The van der Waals surface area contributed by atoms with Crippen LogP contribution in [0.3, 0.4) is 0 Å². The van der Waals surface area contributed by atoms with Gasteiger partial charge in [-0.15, -0.1) is 0 Å². The van der Waals surface area contributed by atoms with E-state index in [1.54, 1.807) is 0 Å². The second-order valence-corrected chi connectivity index (χ2v) is 21.9. The molecule has 0 N–H and O–H groups in total. The van der Waals surface area contributed by atoms with Crippen molar-refractivity contribution in [2.75, 3.05) is 0 Å². The molecule has 16 rings (SSSR count). The molecule has 0 amide bonds. The Morgan fingerprint density at radius 1 is 0.264 bits per heavy atom. The van der Waals surface area contributed by atoms with Crippen molar-refractivity contribution in [1.82, 2.24) is 0 Å². The predicted molar refractivity (Wildman–Crippen MR) is 182 cm³/mol. The summed E-state index contributed by atoms with van der Waals surface area (Å²) in [5.74, 6) is 5.52. The summed E-state index contributed by atoms with van der Waals surface area (Å²) in [6.45, 7) is 0. The minimum absolute atomic E-state index is 0. The number of carbonyl (C=O) groups is 4. The second kappa shape index (κ2) is 14.0. The number of hydrogen-bond donors (Lipinski definition) is 0. The van der Waals surface area contributed by atoms with Gasteiger partial charge in [0.1, 0.15) is 0 Å². The zero-order valence-corrected chi connectivity index (χ0v) is 34.1. The van der Waals surface area contributed by atoms with Gasteiger partial charge in [-0.1, -0.05) is 0 Å². The second-order valence-electron chi connectivity index (χ2n) is 21.9. The maximum absolute atomic E-state index is 11.1. The Labute approximate surface area is 334 Å². The molecule has 0 aromatic heterocycles. The van der Waals surface area contributed by atoms with E-state index in [1.807, 2.05) is 0 Å². The number of carboxylic acids is 4. The van der Waals surface area contributed by atoms with Gasteiger partial charge in [-0.05, 0) is 225 Å². The molecule has 0 aromatic carbocycles. The number of hydrogen-bond acceptors (Lipinski definition) is 8. The molecule has 0 spiro atoms. The summed E-state index contributed by atoms with van der Waals surface area (Å²) in [6, 6.07) is 0. The van der Waals surface area contributed by atoms with Gasteiger partial charge in [0.25, 0.3) is 0 Å². The zero-order chi connectivity index (χ0) is 36.2. The van der Waals surface area contributed by atoms with Gasteiger partial charge in [0.15, 0.2) is 0 Å². The molecule has 9 heteroatoms. The van der Waals surface area contributed by atoms with Gasteiger partial charge in [-0.3, -0.25) is 0 Å². The summed E-state index contributed by atoms with van der Waals surface area (Å²) in [7, 11) is 0. The molecule has 0 aromatic rings. The van der Waals surface area contributed by atoms with E-state index in [0.29, 0.717) is 71.0 Å². The number of carbonyl (C=O) groups excluding carboxylic acids is 4. The minimum atomic E-state index is -0.758. The molecule has 16 fully saturated rings. The van der Waals surface area contributed by atoms with Crippen molar-refractivity contribution in [3.63, 3.8) is 0 Å². The Morgan fingerprint density at radius 3 is 0.434 bits per heavy atom. The molecule has 0 radical (unpaired) electrons. The first kappa shape index (κ1) is 38.6. The summed E-state index contributed by atoms with van der Waals surface area (Å²) in [5, 5.41) is 44.6. The first-order valence-electron chi connectivity index (χ1n) is 21.6. The molecular formula is C44H60O8Zr. The molecule has 0 heterocycles. The number of rotatable bonds is 4. The Bertz CT molecular complexity index is 1110. The first-order valence-corrected chi connectivity index (χ1v) is 21.6. The van der Waals surface area contributed by atoms with Crippen LogP contribution in [0.4, 0.5) is 0 Å². The smallest absolute Gasteiger partial charge is 0.550 e. The fourth-order valence-electron chi connectivity index (χ4n) is 17.4. The predicted octanol–water partition coefficient (Wildman–Crippen LogP) is 3.81. The van der Waals surface area contributed by atoms with Crippen molar-refractivity contribution >= 4 is 23.9 Å². The quantitative estimate of drug-likeness (QED) is 0.415. The maximum Gasteiger partial charge on any atom is 4.00 e. The van der Waals surface area contributed by atoms with Crippen LogP contribution in [0.15, 0.2) is 0 Å². The molecule has 0 aliphatic heterocycles. The van der Waals surface area contributed by atoms with Gasteiger partial charge in [0, 0.05) is 45.5 Å². The van der Waals surface area contributed by atoms with Gasteiger partial charge in [0.2, 0.25) is 0 Å².